The zero-order valence-electron chi connectivity index (χ0n) is 10.4. The number of rotatable bonds is 0. The van der Waals surface area contributed by atoms with Gasteiger partial charge in [0, 0.05) is 5.92 Å². The van der Waals surface area contributed by atoms with Crippen molar-refractivity contribution in [3.05, 3.63) is 29.1 Å². The van der Waals surface area contributed by atoms with Crippen LogP contribution in [0, 0.1) is 18.7 Å². The molecular formula is C13H15ClFN3. The number of aliphatic imine (C=N–C) groups is 1. The minimum atomic E-state index is -0.207. The molecule has 18 heavy (non-hydrogen) atoms. The fourth-order valence-corrected chi connectivity index (χ4v) is 2.39. The monoisotopic (exact) mass is 267 g/mol. The van der Waals surface area contributed by atoms with E-state index in [9.17, 15) is 4.39 Å². The Morgan fingerprint density at radius 1 is 1.50 bits per heavy atom. The van der Waals surface area contributed by atoms with E-state index in [0.717, 1.165) is 18.4 Å². The summed E-state index contributed by atoms with van der Waals surface area (Å²) in [4.78, 5) is 4.31. The van der Waals surface area contributed by atoms with Crippen molar-refractivity contribution < 1.29 is 4.39 Å². The van der Waals surface area contributed by atoms with Crippen LogP contribution in [-0.2, 0) is 6.42 Å². The molecule has 0 aliphatic carbocycles. The summed E-state index contributed by atoms with van der Waals surface area (Å²) in [7, 11) is 0. The second-order valence-corrected chi connectivity index (χ2v) is 4.94. The first-order valence-electron chi connectivity index (χ1n) is 5.84. The molecule has 3 nitrogen and oxygen atoms in total. The molecule has 1 unspecified atom stereocenters. The first-order chi connectivity index (χ1) is 8.52. The van der Waals surface area contributed by atoms with E-state index in [0.29, 0.717) is 17.0 Å². The summed E-state index contributed by atoms with van der Waals surface area (Å²) in [6.07, 6.45) is 1.55. The van der Waals surface area contributed by atoms with Gasteiger partial charge in [-0.1, -0.05) is 18.5 Å². The predicted octanol–water partition coefficient (Wildman–Crippen LogP) is 3.30. The summed E-state index contributed by atoms with van der Waals surface area (Å²) in [5.41, 5.74) is 2.73. The van der Waals surface area contributed by atoms with Gasteiger partial charge in [0.25, 0.3) is 0 Å². The molecule has 0 amide bonds. The molecule has 1 aliphatic heterocycles. The largest absolute Gasteiger partial charge is 0.323 e. The molecule has 1 atom stereocenters. The summed E-state index contributed by atoms with van der Waals surface area (Å²) in [5.74, 6) is 5.25. The minimum Gasteiger partial charge on any atom is -0.323 e. The van der Waals surface area contributed by atoms with Crippen molar-refractivity contribution in [1.29, 1.82) is 0 Å². The standard InChI is InChI=1S/C13H15ClFN3/c1-7-3-4-9-6-10(15)8(2)5-11(9)17-13(14)12(7)18-16/h5-7H,3-4,16H2,1-2H3/b17-13?,18-12+. The van der Waals surface area contributed by atoms with E-state index in [2.05, 4.69) is 10.1 Å². The van der Waals surface area contributed by atoms with Crippen molar-refractivity contribution in [2.75, 3.05) is 0 Å². The average Bonchev–Trinajstić information content (AvgIpc) is 2.31. The summed E-state index contributed by atoms with van der Waals surface area (Å²) in [6.45, 7) is 3.69. The molecule has 0 bridgehead atoms. The maximum Gasteiger partial charge on any atom is 0.153 e. The second-order valence-electron chi connectivity index (χ2n) is 4.59. The van der Waals surface area contributed by atoms with Crippen LogP contribution in [0.3, 0.4) is 0 Å². The molecule has 2 N–H and O–H groups in total. The van der Waals surface area contributed by atoms with Gasteiger partial charge in [-0.2, -0.15) is 5.10 Å². The van der Waals surface area contributed by atoms with Crippen LogP contribution < -0.4 is 5.84 Å². The lowest BCUT2D eigenvalue weighted by Gasteiger charge is -2.17. The minimum absolute atomic E-state index is 0.115. The van der Waals surface area contributed by atoms with E-state index < -0.39 is 0 Å². The van der Waals surface area contributed by atoms with Crippen LogP contribution in [0.15, 0.2) is 22.2 Å². The van der Waals surface area contributed by atoms with Crippen molar-refractivity contribution in [1.82, 2.24) is 0 Å². The fraction of sp³-hybridized carbons (Fsp3) is 0.385. The molecule has 1 heterocycles. The Morgan fingerprint density at radius 2 is 2.22 bits per heavy atom. The van der Waals surface area contributed by atoms with Gasteiger partial charge in [-0.3, -0.25) is 0 Å². The summed E-state index contributed by atoms with van der Waals surface area (Å²) >= 11 is 6.12. The summed E-state index contributed by atoms with van der Waals surface area (Å²) in [6, 6.07) is 3.24. The van der Waals surface area contributed by atoms with Crippen molar-refractivity contribution in [3.8, 4) is 0 Å². The van der Waals surface area contributed by atoms with Gasteiger partial charge >= 0.3 is 0 Å². The van der Waals surface area contributed by atoms with Crippen LogP contribution in [0.25, 0.3) is 0 Å². The summed E-state index contributed by atoms with van der Waals surface area (Å²) in [5, 5.41) is 3.99. The first-order valence-corrected chi connectivity index (χ1v) is 6.22. The van der Waals surface area contributed by atoms with E-state index in [4.69, 9.17) is 17.4 Å². The summed E-state index contributed by atoms with van der Waals surface area (Å²) < 4.78 is 13.6. The fourth-order valence-electron chi connectivity index (χ4n) is 2.07. The van der Waals surface area contributed by atoms with Crippen LogP contribution in [0.5, 0.6) is 0 Å². The quantitative estimate of drug-likeness (QED) is 0.569. The zero-order chi connectivity index (χ0) is 13.3. The predicted molar refractivity (Wildman–Crippen MR) is 73.2 cm³/mol. The third-order valence-corrected chi connectivity index (χ3v) is 3.52. The van der Waals surface area contributed by atoms with Gasteiger partial charge in [-0.15, -0.1) is 0 Å². The number of hydrazone groups is 1. The number of aryl methyl sites for hydroxylation is 2. The van der Waals surface area contributed by atoms with E-state index in [1.54, 1.807) is 13.0 Å². The molecule has 1 aromatic rings. The van der Waals surface area contributed by atoms with Crippen molar-refractivity contribution in [2.45, 2.75) is 26.7 Å². The van der Waals surface area contributed by atoms with Crippen LogP contribution in [-0.4, -0.2) is 10.9 Å². The molecule has 1 aromatic carbocycles. The highest BCUT2D eigenvalue weighted by molar-refractivity contribution is 6.84. The molecule has 2 rings (SSSR count). The van der Waals surface area contributed by atoms with Gasteiger partial charge in [-0.05, 0) is 43.0 Å². The smallest absolute Gasteiger partial charge is 0.153 e. The van der Waals surface area contributed by atoms with Gasteiger partial charge in [0.15, 0.2) is 5.17 Å². The molecule has 0 spiro atoms. The number of hydrogen-bond donors (Lipinski definition) is 1. The van der Waals surface area contributed by atoms with Crippen molar-refractivity contribution >= 4 is 28.2 Å². The third-order valence-electron chi connectivity index (χ3n) is 3.24. The van der Waals surface area contributed by atoms with Crippen LogP contribution in [0.2, 0.25) is 0 Å². The number of fused-ring (bicyclic) bond motifs is 1. The van der Waals surface area contributed by atoms with Gasteiger partial charge in [0.1, 0.15) is 11.5 Å². The highest BCUT2D eigenvalue weighted by Gasteiger charge is 2.20. The lowest BCUT2D eigenvalue weighted by Crippen LogP contribution is -2.22. The third kappa shape index (κ3) is 2.38. The molecule has 5 heteroatoms. The van der Waals surface area contributed by atoms with E-state index in [1.165, 1.54) is 6.07 Å². The number of nitrogens with zero attached hydrogens (tertiary/aromatic N) is 2. The number of hydrogen-bond acceptors (Lipinski definition) is 3. The molecule has 0 aromatic heterocycles. The highest BCUT2D eigenvalue weighted by Crippen LogP contribution is 2.29. The Bertz CT molecular complexity index is 537. The number of nitrogens with two attached hydrogens (primary N) is 1. The molecule has 96 valence electrons. The molecule has 0 radical (unpaired) electrons. The maximum atomic E-state index is 13.6. The Hall–Kier alpha value is -1.42. The number of benzene rings is 1. The van der Waals surface area contributed by atoms with E-state index in [-0.39, 0.29) is 16.9 Å². The Kier molecular flexibility index (Phi) is 3.66. The zero-order valence-corrected chi connectivity index (χ0v) is 11.1. The van der Waals surface area contributed by atoms with Gasteiger partial charge in [-0.25, -0.2) is 9.38 Å². The van der Waals surface area contributed by atoms with Gasteiger partial charge in [0.2, 0.25) is 0 Å². The molecular weight excluding hydrogens is 253 g/mol. The SMILES string of the molecule is Cc1cc2c(cc1F)CCC(C)/C(=N\N)C(Cl)=N2. The lowest BCUT2D eigenvalue weighted by molar-refractivity contribution is 0.612. The molecule has 0 fully saturated rings. The topological polar surface area (TPSA) is 50.7 Å². The van der Waals surface area contributed by atoms with Crippen molar-refractivity contribution in [2.24, 2.45) is 21.9 Å². The van der Waals surface area contributed by atoms with Crippen LogP contribution in [0.4, 0.5) is 10.1 Å². The molecule has 0 saturated carbocycles. The van der Waals surface area contributed by atoms with Crippen LogP contribution >= 0.6 is 11.6 Å². The number of halogens is 2. The second kappa shape index (κ2) is 5.06. The van der Waals surface area contributed by atoms with E-state index in [1.807, 2.05) is 6.92 Å². The Balaban J connectivity index is 2.56. The van der Waals surface area contributed by atoms with Gasteiger partial charge in [0.05, 0.1) is 5.69 Å². The van der Waals surface area contributed by atoms with Crippen molar-refractivity contribution in [3.63, 3.8) is 0 Å². The first kappa shape index (κ1) is 13.0. The Morgan fingerprint density at radius 3 is 2.89 bits per heavy atom. The van der Waals surface area contributed by atoms with Crippen LogP contribution in [0.1, 0.15) is 24.5 Å². The normalized spacial score (nSPS) is 22.1. The molecule has 0 saturated heterocycles. The van der Waals surface area contributed by atoms with Gasteiger partial charge < -0.3 is 5.84 Å². The maximum absolute atomic E-state index is 13.6. The Labute approximate surface area is 111 Å². The molecule has 1 aliphatic rings. The average molecular weight is 268 g/mol. The van der Waals surface area contributed by atoms with E-state index >= 15 is 0 Å². The highest BCUT2D eigenvalue weighted by atomic mass is 35.5. The lowest BCUT2D eigenvalue weighted by atomic mass is 9.94.